The van der Waals surface area contributed by atoms with E-state index >= 15 is 0 Å². The third kappa shape index (κ3) is 9.33. The number of nitrogens with zero attached hydrogens (tertiary/aromatic N) is 2. The zero-order valence-corrected chi connectivity index (χ0v) is 32.9. The molecule has 0 saturated carbocycles. The predicted octanol–water partition coefficient (Wildman–Crippen LogP) is 4.91. The molecule has 0 radical (unpaired) electrons. The SMILES string of the molecule is CC(C)CN(CC1OC(C)(C)N(C(=O)OC2COC3OCCC23)C1Cc1ccc(OCCNC(=O)OC(C)(C)C)cc1)S(=O)(=O)c1ccc2c(c1)OCO2. The third-order valence-corrected chi connectivity index (χ3v) is 11.4. The van der Waals surface area contributed by atoms with Gasteiger partial charge in [-0.15, -0.1) is 0 Å². The fourth-order valence-corrected chi connectivity index (χ4v) is 8.84. The van der Waals surface area contributed by atoms with Crippen molar-refractivity contribution >= 4 is 22.2 Å². The highest BCUT2D eigenvalue weighted by Crippen LogP contribution is 2.40. The van der Waals surface area contributed by atoms with E-state index in [1.807, 2.05) is 38.1 Å². The molecule has 3 fully saturated rings. The van der Waals surface area contributed by atoms with Gasteiger partial charge in [-0.05, 0) is 83.2 Å². The summed E-state index contributed by atoms with van der Waals surface area (Å²) in [6, 6.07) is 11.4. The lowest BCUT2D eigenvalue weighted by Crippen LogP contribution is -2.51. The first kappa shape index (κ1) is 39.9. The fourth-order valence-electron chi connectivity index (χ4n) is 7.21. The fraction of sp³-hybridized carbons (Fsp3) is 0.632. The van der Waals surface area contributed by atoms with Crippen LogP contribution >= 0.6 is 0 Å². The Bertz CT molecular complexity index is 1750. The Morgan fingerprint density at radius 1 is 1.06 bits per heavy atom. The monoisotopic (exact) mass is 775 g/mol. The number of benzene rings is 2. The van der Waals surface area contributed by atoms with Crippen LogP contribution in [0.2, 0.25) is 0 Å². The van der Waals surface area contributed by atoms with Crippen molar-refractivity contribution in [2.24, 2.45) is 11.8 Å². The van der Waals surface area contributed by atoms with Crippen molar-refractivity contribution in [3.8, 4) is 17.2 Å². The number of alkyl carbamates (subject to hydrolysis) is 1. The minimum absolute atomic E-state index is 0.0152. The highest BCUT2D eigenvalue weighted by atomic mass is 32.2. The Balaban J connectivity index is 1.21. The first-order valence-electron chi connectivity index (χ1n) is 18.5. The van der Waals surface area contributed by atoms with Crippen molar-refractivity contribution in [2.45, 2.75) is 102 Å². The summed E-state index contributed by atoms with van der Waals surface area (Å²) in [6.45, 7) is 14.3. The minimum atomic E-state index is -4.03. The molecule has 298 valence electrons. The topological polar surface area (TPSA) is 161 Å². The van der Waals surface area contributed by atoms with E-state index in [0.29, 0.717) is 30.3 Å². The standard InChI is InChI=1S/C38H53N3O12S/c1-24(2)20-40(54(44,45)27-12-13-30-31(19-27)50-23-49-30)21-32-29(18-25-8-10-26(11-9-25)46-17-15-39-35(42)53-37(3,4)5)41(38(6,7)52-32)36(43)51-33-22-48-34-28(33)14-16-47-34/h8-13,19,24,28-29,32-34H,14-18,20-23H2,1-7H3,(H,39,42). The van der Waals surface area contributed by atoms with Crippen LogP contribution in [-0.4, -0.2) is 112 Å². The van der Waals surface area contributed by atoms with Gasteiger partial charge in [-0.25, -0.2) is 18.0 Å². The number of nitrogens with one attached hydrogen (secondary N) is 1. The number of carbonyl (C=O) groups excluding carboxylic acids is 2. The second-order valence-electron chi connectivity index (χ2n) is 15.8. The van der Waals surface area contributed by atoms with Crippen molar-refractivity contribution in [1.82, 2.24) is 14.5 Å². The predicted molar refractivity (Wildman–Crippen MR) is 195 cm³/mol. The molecule has 16 heteroatoms. The molecular formula is C38H53N3O12S. The molecule has 2 aromatic carbocycles. The zero-order valence-electron chi connectivity index (χ0n) is 32.1. The number of hydrogen-bond acceptors (Lipinski definition) is 12. The van der Waals surface area contributed by atoms with E-state index in [-0.39, 0.29) is 56.4 Å². The van der Waals surface area contributed by atoms with Crippen LogP contribution in [0.5, 0.6) is 17.2 Å². The third-order valence-electron chi connectivity index (χ3n) is 9.56. The molecule has 15 nitrogen and oxygen atoms in total. The highest BCUT2D eigenvalue weighted by Gasteiger charge is 2.53. The second-order valence-corrected chi connectivity index (χ2v) is 17.8. The summed E-state index contributed by atoms with van der Waals surface area (Å²) in [4.78, 5) is 27.8. The van der Waals surface area contributed by atoms with E-state index in [9.17, 15) is 18.0 Å². The van der Waals surface area contributed by atoms with Crippen LogP contribution in [0, 0.1) is 11.8 Å². The van der Waals surface area contributed by atoms with Gasteiger partial charge in [0, 0.05) is 19.2 Å². The zero-order chi connectivity index (χ0) is 38.8. The summed E-state index contributed by atoms with van der Waals surface area (Å²) in [5, 5.41) is 2.67. The summed E-state index contributed by atoms with van der Waals surface area (Å²) >= 11 is 0. The maximum Gasteiger partial charge on any atom is 0.412 e. The van der Waals surface area contributed by atoms with Gasteiger partial charge in [0.15, 0.2) is 17.8 Å². The lowest BCUT2D eigenvalue weighted by molar-refractivity contribution is -0.0911. The van der Waals surface area contributed by atoms with E-state index in [1.165, 1.54) is 16.4 Å². The quantitative estimate of drug-likeness (QED) is 0.274. The highest BCUT2D eigenvalue weighted by molar-refractivity contribution is 7.89. The molecule has 6 rings (SSSR count). The van der Waals surface area contributed by atoms with Gasteiger partial charge in [-0.2, -0.15) is 4.31 Å². The minimum Gasteiger partial charge on any atom is -0.492 e. The Kier molecular flexibility index (Phi) is 11.9. The summed E-state index contributed by atoms with van der Waals surface area (Å²) in [7, 11) is -4.03. The molecule has 2 aromatic rings. The van der Waals surface area contributed by atoms with Crippen LogP contribution in [0.25, 0.3) is 0 Å². The molecule has 1 N–H and O–H groups in total. The molecule has 4 aliphatic heterocycles. The molecule has 0 bridgehead atoms. The maximum atomic E-state index is 14.3. The normalized spacial score (nSPS) is 24.5. The van der Waals surface area contributed by atoms with Crippen LogP contribution < -0.4 is 19.5 Å². The van der Waals surface area contributed by atoms with Crippen LogP contribution in [0.3, 0.4) is 0 Å². The number of carbonyl (C=O) groups is 2. The van der Waals surface area contributed by atoms with Crippen molar-refractivity contribution in [3.63, 3.8) is 0 Å². The Hall–Kier alpha value is -3.83. The van der Waals surface area contributed by atoms with Crippen LogP contribution in [0.4, 0.5) is 9.59 Å². The van der Waals surface area contributed by atoms with Gasteiger partial charge < -0.3 is 43.2 Å². The van der Waals surface area contributed by atoms with Gasteiger partial charge in [0.1, 0.15) is 29.8 Å². The Morgan fingerprint density at radius 2 is 1.80 bits per heavy atom. The summed E-state index contributed by atoms with van der Waals surface area (Å²) in [5.41, 5.74) is -0.877. The summed E-state index contributed by atoms with van der Waals surface area (Å²) < 4.78 is 76.1. The van der Waals surface area contributed by atoms with E-state index < -0.39 is 58.1 Å². The van der Waals surface area contributed by atoms with Gasteiger partial charge in [-0.3, -0.25) is 4.90 Å². The lowest BCUT2D eigenvalue weighted by atomic mass is 9.99. The van der Waals surface area contributed by atoms with Crippen molar-refractivity contribution in [3.05, 3.63) is 48.0 Å². The van der Waals surface area contributed by atoms with Gasteiger partial charge in [0.2, 0.25) is 16.8 Å². The number of fused-ring (bicyclic) bond motifs is 2. The molecule has 0 aliphatic carbocycles. The van der Waals surface area contributed by atoms with Crippen LogP contribution in [-0.2, 0) is 40.1 Å². The maximum absolute atomic E-state index is 14.3. The first-order chi connectivity index (χ1) is 25.5. The second kappa shape index (κ2) is 16.1. The molecule has 5 unspecified atom stereocenters. The molecule has 0 spiro atoms. The van der Waals surface area contributed by atoms with Gasteiger partial charge in [0.25, 0.3) is 0 Å². The number of sulfonamides is 1. The smallest absolute Gasteiger partial charge is 0.412 e. The molecule has 3 saturated heterocycles. The molecule has 0 aromatic heterocycles. The molecule has 54 heavy (non-hydrogen) atoms. The lowest BCUT2D eigenvalue weighted by Gasteiger charge is -2.34. The molecule has 4 heterocycles. The van der Waals surface area contributed by atoms with Crippen molar-refractivity contribution < 1.29 is 55.9 Å². The Labute approximate surface area is 317 Å². The van der Waals surface area contributed by atoms with E-state index in [1.54, 1.807) is 45.6 Å². The molecule has 2 amide bonds. The van der Waals surface area contributed by atoms with Crippen LogP contribution in [0.1, 0.15) is 60.5 Å². The summed E-state index contributed by atoms with van der Waals surface area (Å²) in [5.74, 6) is 1.36. The number of ether oxygens (including phenoxy) is 8. The summed E-state index contributed by atoms with van der Waals surface area (Å²) in [6.07, 6.45) is -1.64. The van der Waals surface area contributed by atoms with E-state index in [2.05, 4.69) is 5.32 Å². The molecule has 4 aliphatic rings. The number of rotatable bonds is 13. The first-order valence-corrected chi connectivity index (χ1v) is 19.9. The van der Waals surface area contributed by atoms with E-state index in [0.717, 1.165) is 12.0 Å². The van der Waals surface area contributed by atoms with Gasteiger partial charge in [0.05, 0.1) is 42.7 Å². The number of hydrogen-bond donors (Lipinski definition) is 1. The Morgan fingerprint density at radius 3 is 2.52 bits per heavy atom. The average Bonchev–Trinajstić information content (AvgIpc) is 3.87. The number of amides is 2. The largest absolute Gasteiger partial charge is 0.492 e. The van der Waals surface area contributed by atoms with Crippen molar-refractivity contribution in [1.29, 1.82) is 0 Å². The van der Waals surface area contributed by atoms with Gasteiger partial charge in [-0.1, -0.05) is 26.0 Å². The van der Waals surface area contributed by atoms with Crippen molar-refractivity contribution in [2.75, 3.05) is 46.2 Å². The van der Waals surface area contributed by atoms with E-state index in [4.69, 9.17) is 37.9 Å². The molecular weight excluding hydrogens is 722 g/mol. The van der Waals surface area contributed by atoms with Crippen LogP contribution in [0.15, 0.2) is 47.4 Å². The average molecular weight is 776 g/mol. The van der Waals surface area contributed by atoms with Gasteiger partial charge >= 0.3 is 12.2 Å². The molecule has 5 atom stereocenters.